The molecule has 0 saturated carbocycles. The molecule has 2 nitrogen and oxygen atoms in total. The minimum atomic E-state index is -3.58. The molecule has 4 heteroatoms. The molecular weight excluding hydrogens is 220 g/mol. The summed E-state index contributed by atoms with van der Waals surface area (Å²) in [6.45, 7) is 7.75. The highest BCUT2D eigenvalue weighted by molar-refractivity contribution is 8.16. The minimum Gasteiger partial charge on any atom is -0.207 e. The van der Waals surface area contributed by atoms with Gasteiger partial charge in [0.2, 0.25) is 0 Å². The Morgan fingerprint density at radius 2 is 1.93 bits per heavy atom. The largest absolute Gasteiger partial charge is 0.258 e. The SMILES string of the molecule is CC1=CC(C(C)C)=C(S(=O)(=O)Cl)[C@@H]1C. The average molecular weight is 235 g/mol. The van der Waals surface area contributed by atoms with Crippen molar-refractivity contribution in [1.29, 1.82) is 0 Å². The molecule has 0 fully saturated rings. The standard InChI is InChI=1S/C10H15ClO2S/c1-6(2)9-5-7(3)8(4)10(9)14(11,12)13/h5-6,8H,1-4H3/t8-/m1/s1. The Balaban J connectivity index is 3.33. The van der Waals surface area contributed by atoms with E-state index < -0.39 is 9.05 Å². The van der Waals surface area contributed by atoms with E-state index in [1.54, 1.807) is 0 Å². The lowest BCUT2D eigenvalue weighted by atomic mass is 10.0. The van der Waals surface area contributed by atoms with Gasteiger partial charge < -0.3 is 0 Å². The molecule has 0 unspecified atom stereocenters. The Morgan fingerprint density at radius 1 is 1.43 bits per heavy atom. The molecule has 0 aliphatic heterocycles. The molecule has 1 atom stereocenters. The van der Waals surface area contributed by atoms with Gasteiger partial charge in [-0.3, -0.25) is 0 Å². The van der Waals surface area contributed by atoms with Crippen molar-refractivity contribution in [1.82, 2.24) is 0 Å². The summed E-state index contributed by atoms with van der Waals surface area (Å²) in [5.74, 6) is 0.119. The van der Waals surface area contributed by atoms with Crippen LogP contribution in [0, 0.1) is 11.8 Å². The molecule has 0 aromatic heterocycles. The summed E-state index contributed by atoms with van der Waals surface area (Å²) in [5, 5.41) is 0. The van der Waals surface area contributed by atoms with Crippen molar-refractivity contribution in [3.63, 3.8) is 0 Å². The minimum absolute atomic E-state index is 0.0742. The second-order valence-electron chi connectivity index (χ2n) is 4.02. The van der Waals surface area contributed by atoms with Crippen molar-refractivity contribution < 1.29 is 8.42 Å². The van der Waals surface area contributed by atoms with E-state index in [1.165, 1.54) is 0 Å². The maximum Gasteiger partial charge on any atom is 0.258 e. The van der Waals surface area contributed by atoms with Gasteiger partial charge in [0.25, 0.3) is 9.05 Å². The van der Waals surface area contributed by atoms with Crippen LogP contribution in [0.15, 0.2) is 22.1 Å². The highest BCUT2D eigenvalue weighted by Gasteiger charge is 2.31. The monoisotopic (exact) mass is 234 g/mol. The van der Waals surface area contributed by atoms with E-state index in [1.807, 2.05) is 33.8 Å². The lowest BCUT2D eigenvalue weighted by Crippen LogP contribution is -2.07. The first-order valence-corrected chi connectivity index (χ1v) is 6.93. The molecule has 0 radical (unpaired) electrons. The van der Waals surface area contributed by atoms with Crippen LogP contribution in [0.2, 0.25) is 0 Å². The summed E-state index contributed by atoms with van der Waals surface area (Å²) in [6, 6.07) is 0. The number of hydrogen-bond acceptors (Lipinski definition) is 2. The molecule has 0 heterocycles. The van der Waals surface area contributed by atoms with Crippen LogP contribution in [-0.2, 0) is 9.05 Å². The fraction of sp³-hybridized carbons (Fsp3) is 0.600. The molecule has 80 valence electrons. The van der Waals surface area contributed by atoms with Gasteiger partial charge in [0.1, 0.15) is 0 Å². The van der Waals surface area contributed by atoms with Crippen LogP contribution >= 0.6 is 10.7 Å². The van der Waals surface area contributed by atoms with E-state index in [0.29, 0.717) is 4.91 Å². The molecule has 0 aromatic rings. The molecule has 0 N–H and O–H groups in total. The van der Waals surface area contributed by atoms with E-state index in [0.717, 1.165) is 11.1 Å². The number of halogens is 1. The highest BCUT2D eigenvalue weighted by atomic mass is 35.7. The van der Waals surface area contributed by atoms with Crippen LogP contribution in [0.1, 0.15) is 27.7 Å². The number of allylic oxidation sites excluding steroid dienone is 4. The molecule has 0 aromatic carbocycles. The molecule has 0 amide bonds. The number of hydrogen-bond donors (Lipinski definition) is 0. The molecular formula is C10H15ClO2S. The summed E-state index contributed by atoms with van der Waals surface area (Å²) < 4.78 is 22.8. The Bertz CT molecular complexity index is 402. The summed E-state index contributed by atoms with van der Waals surface area (Å²) >= 11 is 0. The van der Waals surface area contributed by atoms with Crippen molar-refractivity contribution >= 4 is 19.7 Å². The quantitative estimate of drug-likeness (QED) is 0.689. The van der Waals surface area contributed by atoms with Gasteiger partial charge in [-0.1, -0.05) is 32.4 Å². The van der Waals surface area contributed by atoms with Crippen LogP contribution < -0.4 is 0 Å². The topological polar surface area (TPSA) is 34.1 Å². The first kappa shape index (κ1) is 11.8. The fourth-order valence-electron chi connectivity index (χ4n) is 1.70. The fourth-order valence-corrected chi connectivity index (χ4v) is 3.55. The smallest absolute Gasteiger partial charge is 0.207 e. The van der Waals surface area contributed by atoms with Crippen LogP contribution in [0.3, 0.4) is 0 Å². The molecule has 1 rings (SSSR count). The Morgan fingerprint density at radius 3 is 2.21 bits per heavy atom. The van der Waals surface area contributed by atoms with Gasteiger partial charge in [0.05, 0.1) is 4.91 Å². The van der Waals surface area contributed by atoms with E-state index >= 15 is 0 Å². The molecule has 0 spiro atoms. The van der Waals surface area contributed by atoms with Crippen LogP contribution in [0.5, 0.6) is 0 Å². The van der Waals surface area contributed by atoms with Crippen molar-refractivity contribution in [3.05, 3.63) is 22.1 Å². The Kier molecular flexibility index (Phi) is 3.12. The third-order valence-corrected chi connectivity index (χ3v) is 4.24. The maximum absolute atomic E-state index is 11.4. The lowest BCUT2D eigenvalue weighted by molar-refractivity contribution is 0.608. The number of rotatable bonds is 2. The van der Waals surface area contributed by atoms with E-state index in [2.05, 4.69) is 0 Å². The van der Waals surface area contributed by atoms with Gasteiger partial charge in [-0.05, 0) is 18.4 Å². The van der Waals surface area contributed by atoms with Crippen molar-refractivity contribution in [3.8, 4) is 0 Å². The van der Waals surface area contributed by atoms with Gasteiger partial charge in [-0.15, -0.1) is 0 Å². The zero-order valence-electron chi connectivity index (χ0n) is 8.83. The van der Waals surface area contributed by atoms with Crippen LogP contribution in [0.25, 0.3) is 0 Å². The second-order valence-corrected chi connectivity index (χ2v) is 6.56. The van der Waals surface area contributed by atoms with E-state index in [-0.39, 0.29) is 11.8 Å². The zero-order chi connectivity index (χ0) is 11.1. The van der Waals surface area contributed by atoms with Gasteiger partial charge in [-0.25, -0.2) is 8.42 Å². The van der Waals surface area contributed by atoms with Gasteiger partial charge in [0, 0.05) is 16.6 Å². The van der Waals surface area contributed by atoms with Gasteiger partial charge in [0.15, 0.2) is 0 Å². The molecule has 14 heavy (non-hydrogen) atoms. The van der Waals surface area contributed by atoms with E-state index in [9.17, 15) is 8.42 Å². The van der Waals surface area contributed by atoms with E-state index in [4.69, 9.17) is 10.7 Å². The molecule has 0 saturated heterocycles. The zero-order valence-corrected chi connectivity index (χ0v) is 10.4. The van der Waals surface area contributed by atoms with Crippen molar-refractivity contribution in [2.45, 2.75) is 27.7 Å². The van der Waals surface area contributed by atoms with Gasteiger partial charge in [-0.2, -0.15) is 0 Å². The van der Waals surface area contributed by atoms with Crippen molar-refractivity contribution in [2.24, 2.45) is 11.8 Å². The molecule has 0 bridgehead atoms. The summed E-state index contributed by atoms with van der Waals surface area (Å²) in [6.07, 6.45) is 1.94. The van der Waals surface area contributed by atoms with Gasteiger partial charge >= 0.3 is 0 Å². The molecule has 1 aliphatic rings. The summed E-state index contributed by atoms with van der Waals surface area (Å²) in [7, 11) is 1.84. The Labute approximate surface area is 90.1 Å². The third kappa shape index (κ3) is 2.04. The highest BCUT2D eigenvalue weighted by Crippen LogP contribution is 2.39. The summed E-state index contributed by atoms with van der Waals surface area (Å²) in [5.41, 5.74) is 1.91. The first-order chi connectivity index (χ1) is 6.25. The Hall–Kier alpha value is -0.280. The first-order valence-electron chi connectivity index (χ1n) is 4.62. The third-order valence-electron chi connectivity index (χ3n) is 2.63. The predicted molar refractivity (Wildman–Crippen MR) is 59.6 cm³/mol. The maximum atomic E-state index is 11.4. The lowest BCUT2D eigenvalue weighted by Gasteiger charge is -2.11. The summed E-state index contributed by atoms with van der Waals surface area (Å²) in [4.78, 5) is 0.381. The predicted octanol–water partition coefficient (Wildman–Crippen LogP) is 3.06. The average Bonchev–Trinajstić information content (AvgIpc) is 2.27. The van der Waals surface area contributed by atoms with Crippen LogP contribution in [-0.4, -0.2) is 8.42 Å². The van der Waals surface area contributed by atoms with Crippen molar-refractivity contribution in [2.75, 3.05) is 0 Å². The second kappa shape index (κ2) is 3.70. The van der Waals surface area contributed by atoms with Crippen LogP contribution in [0.4, 0.5) is 0 Å². The molecule has 1 aliphatic carbocycles. The normalized spacial score (nSPS) is 23.3.